The first-order valence-corrected chi connectivity index (χ1v) is 10.5. The van der Waals surface area contributed by atoms with Crippen LogP contribution in [0.25, 0.3) is 0 Å². The molecule has 2 aromatic carbocycles. The van der Waals surface area contributed by atoms with Crippen molar-refractivity contribution in [3.63, 3.8) is 0 Å². The molecule has 1 heterocycles. The highest BCUT2D eigenvalue weighted by molar-refractivity contribution is 6.04. The van der Waals surface area contributed by atoms with Crippen LogP contribution in [0.3, 0.4) is 0 Å². The van der Waals surface area contributed by atoms with Gasteiger partial charge in [0.15, 0.2) is 0 Å². The maximum atomic E-state index is 12.6. The van der Waals surface area contributed by atoms with Crippen LogP contribution in [0.5, 0.6) is 5.75 Å². The fourth-order valence-electron chi connectivity index (χ4n) is 3.32. The zero-order chi connectivity index (χ0) is 22.9. The Morgan fingerprint density at radius 2 is 1.78 bits per heavy atom. The average Bonchev–Trinajstić information content (AvgIpc) is 3.25. The van der Waals surface area contributed by atoms with Gasteiger partial charge in [0.1, 0.15) is 18.1 Å². The third-order valence-corrected chi connectivity index (χ3v) is 4.80. The first kappa shape index (κ1) is 23.1. The molecular formula is C25H29N3O4. The summed E-state index contributed by atoms with van der Waals surface area (Å²) in [6, 6.07) is 16.6. The predicted molar refractivity (Wildman–Crippen MR) is 124 cm³/mol. The fourth-order valence-corrected chi connectivity index (χ4v) is 3.32. The maximum absolute atomic E-state index is 12.6. The van der Waals surface area contributed by atoms with Gasteiger partial charge in [-0.3, -0.25) is 14.5 Å². The van der Waals surface area contributed by atoms with Crippen molar-refractivity contribution < 1.29 is 18.7 Å². The van der Waals surface area contributed by atoms with Gasteiger partial charge >= 0.3 is 0 Å². The van der Waals surface area contributed by atoms with E-state index in [1.165, 1.54) is 0 Å². The molecular weight excluding hydrogens is 406 g/mol. The van der Waals surface area contributed by atoms with Crippen molar-refractivity contribution in [2.45, 2.75) is 20.4 Å². The molecule has 3 aromatic rings. The largest absolute Gasteiger partial charge is 0.492 e. The molecule has 7 heteroatoms. The zero-order valence-electron chi connectivity index (χ0n) is 18.7. The van der Waals surface area contributed by atoms with Gasteiger partial charge in [-0.1, -0.05) is 18.2 Å². The Hall–Kier alpha value is -3.58. The standard InChI is InChI=1S/C25H29N3O4/c1-18-13-19(2)15-21(14-18)32-12-10-28(3)17-24(29)27-23-9-5-4-8-22(23)25(30)26-16-20-7-6-11-31-20/h4-9,11,13-15H,10,12,16-17H2,1-3H3,(H,26,30)(H,27,29). The fraction of sp³-hybridized carbons (Fsp3) is 0.280. The van der Waals surface area contributed by atoms with Crippen LogP contribution < -0.4 is 15.4 Å². The van der Waals surface area contributed by atoms with Gasteiger partial charge < -0.3 is 19.8 Å². The summed E-state index contributed by atoms with van der Waals surface area (Å²) < 4.78 is 11.0. The highest BCUT2D eigenvalue weighted by Gasteiger charge is 2.14. The van der Waals surface area contributed by atoms with Crippen LogP contribution in [0.1, 0.15) is 27.2 Å². The molecule has 0 unspecified atom stereocenters. The first-order chi connectivity index (χ1) is 15.4. The molecule has 0 spiro atoms. The predicted octanol–water partition coefficient (Wildman–Crippen LogP) is 3.78. The van der Waals surface area contributed by atoms with Crippen molar-refractivity contribution in [1.82, 2.24) is 10.2 Å². The average molecular weight is 436 g/mol. The number of carbonyl (C=O) groups is 2. The van der Waals surface area contributed by atoms with Gasteiger partial charge in [0.05, 0.1) is 30.6 Å². The molecule has 168 valence electrons. The number of nitrogens with one attached hydrogen (secondary N) is 2. The molecule has 0 aliphatic carbocycles. The van der Waals surface area contributed by atoms with Crippen LogP contribution in [-0.4, -0.2) is 43.5 Å². The molecule has 32 heavy (non-hydrogen) atoms. The molecule has 0 saturated heterocycles. The van der Waals surface area contributed by atoms with E-state index < -0.39 is 0 Å². The summed E-state index contributed by atoms with van der Waals surface area (Å²) in [4.78, 5) is 27.0. The molecule has 0 saturated carbocycles. The summed E-state index contributed by atoms with van der Waals surface area (Å²) in [5.41, 5.74) is 3.17. The lowest BCUT2D eigenvalue weighted by molar-refractivity contribution is -0.117. The van der Waals surface area contributed by atoms with Crippen molar-refractivity contribution in [3.05, 3.63) is 83.3 Å². The maximum Gasteiger partial charge on any atom is 0.253 e. The first-order valence-electron chi connectivity index (χ1n) is 10.5. The second kappa shape index (κ2) is 11.2. The van der Waals surface area contributed by atoms with Crippen LogP contribution in [0, 0.1) is 13.8 Å². The second-order valence-electron chi connectivity index (χ2n) is 7.77. The third kappa shape index (κ3) is 6.99. The number of furan rings is 1. The smallest absolute Gasteiger partial charge is 0.253 e. The van der Waals surface area contributed by atoms with E-state index >= 15 is 0 Å². The minimum atomic E-state index is -0.285. The zero-order valence-corrected chi connectivity index (χ0v) is 18.7. The number of para-hydroxylation sites is 1. The van der Waals surface area contributed by atoms with Gasteiger partial charge in [0.25, 0.3) is 5.91 Å². The van der Waals surface area contributed by atoms with E-state index in [0.29, 0.717) is 30.2 Å². The van der Waals surface area contributed by atoms with E-state index in [-0.39, 0.29) is 24.9 Å². The van der Waals surface area contributed by atoms with Gasteiger partial charge in [0.2, 0.25) is 5.91 Å². The Labute approximate surface area is 188 Å². The van der Waals surface area contributed by atoms with Crippen LogP contribution in [-0.2, 0) is 11.3 Å². The molecule has 0 bridgehead atoms. The molecule has 0 atom stereocenters. The number of ether oxygens (including phenoxy) is 1. The Morgan fingerprint density at radius 3 is 2.50 bits per heavy atom. The highest BCUT2D eigenvalue weighted by atomic mass is 16.5. The number of anilines is 1. The number of benzene rings is 2. The number of amides is 2. The van der Waals surface area contributed by atoms with Gasteiger partial charge in [-0.2, -0.15) is 0 Å². The van der Waals surface area contributed by atoms with Crippen LogP contribution >= 0.6 is 0 Å². The van der Waals surface area contributed by atoms with Crippen molar-refractivity contribution in [3.8, 4) is 5.75 Å². The number of hydrogen-bond donors (Lipinski definition) is 2. The van der Waals surface area contributed by atoms with Gasteiger partial charge in [0, 0.05) is 6.54 Å². The number of hydrogen-bond acceptors (Lipinski definition) is 5. The van der Waals surface area contributed by atoms with Crippen LogP contribution in [0.15, 0.2) is 65.3 Å². The summed E-state index contributed by atoms with van der Waals surface area (Å²) in [5, 5.41) is 5.63. The molecule has 2 amide bonds. The minimum Gasteiger partial charge on any atom is -0.492 e. The Morgan fingerprint density at radius 1 is 1.03 bits per heavy atom. The molecule has 0 fully saturated rings. The SMILES string of the molecule is Cc1cc(C)cc(OCCN(C)CC(=O)Nc2ccccc2C(=O)NCc2ccco2)c1. The lowest BCUT2D eigenvalue weighted by Gasteiger charge is -2.18. The Balaban J connectivity index is 1.48. The Bertz CT molecular complexity index is 1030. The van der Waals surface area contributed by atoms with E-state index in [1.54, 1.807) is 42.7 Å². The normalized spacial score (nSPS) is 10.8. The minimum absolute atomic E-state index is 0.179. The van der Waals surface area contributed by atoms with Crippen molar-refractivity contribution in [1.29, 1.82) is 0 Å². The van der Waals surface area contributed by atoms with Crippen molar-refractivity contribution in [2.75, 3.05) is 32.1 Å². The number of aryl methyl sites for hydroxylation is 2. The number of carbonyl (C=O) groups excluding carboxylic acids is 2. The second-order valence-corrected chi connectivity index (χ2v) is 7.77. The molecule has 7 nitrogen and oxygen atoms in total. The monoisotopic (exact) mass is 435 g/mol. The number of rotatable bonds is 10. The molecule has 0 aliphatic rings. The molecule has 2 N–H and O–H groups in total. The lowest BCUT2D eigenvalue weighted by atomic mass is 10.1. The van der Waals surface area contributed by atoms with E-state index in [1.807, 2.05) is 37.9 Å². The summed E-state index contributed by atoms with van der Waals surface area (Å²) in [5.74, 6) is 0.997. The summed E-state index contributed by atoms with van der Waals surface area (Å²) in [6.45, 7) is 5.58. The lowest BCUT2D eigenvalue weighted by Crippen LogP contribution is -2.33. The van der Waals surface area contributed by atoms with Gasteiger partial charge in [-0.05, 0) is 68.4 Å². The van der Waals surface area contributed by atoms with Gasteiger partial charge in [-0.15, -0.1) is 0 Å². The third-order valence-electron chi connectivity index (χ3n) is 4.80. The van der Waals surface area contributed by atoms with Crippen LogP contribution in [0.4, 0.5) is 5.69 Å². The molecule has 0 aliphatic heterocycles. The molecule has 3 rings (SSSR count). The van der Waals surface area contributed by atoms with Crippen LogP contribution in [0.2, 0.25) is 0 Å². The van der Waals surface area contributed by atoms with E-state index in [0.717, 1.165) is 16.9 Å². The van der Waals surface area contributed by atoms with Gasteiger partial charge in [-0.25, -0.2) is 0 Å². The molecule has 1 aromatic heterocycles. The number of nitrogens with zero attached hydrogens (tertiary/aromatic N) is 1. The van der Waals surface area contributed by atoms with Crippen molar-refractivity contribution in [2.24, 2.45) is 0 Å². The highest BCUT2D eigenvalue weighted by Crippen LogP contribution is 2.17. The topological polar surface area (TPSA) is 83.8 Å². The summed E-state index contributed by atoms with van der Waals surface area (Å²) in [6.07, 6.45) is 1.55. The quantitative estimate of drug-likeness (QED) is 0.506. The van der Waals surface area contributed by atoms with Crippen molar-refractivity contribution >= 4 is 17.5 Å². The molecule has 0 radical (unpaired) electrons. The van der Waals surface area contributed by atoms with E-state index in [4.69, 9.17) is 9.15 Å². The Kier molecular flexibility index (Phi) is 8.05. The summed E-state index contributed by atoms with van der Waals surface area (Å²) in [7, 11) is 1.85. The summed E-state index contributed by atoms with van der Waals surface area (Å²) >= 11 is 0. The number of likely N-dealkylation sites (N-methyl/N-ethyl adjacent to an activating group) is 1. The van der Waals surface area contributed by atoms with E-state index in [2.05, 4.69) is 16.7 Å². The van der Waals surface area contributed by atoms with E-state index in [9.17, 15) is 9.59 Å².